The smallest absolute Gasteiger partial charge is 0.231 e. The summed E-state index contributed by atoms with van der Waals surface area (Å²) in [4.78, 5) is 8.55. The Balaban J connectivity index is 2.36. The molecule has 0 spiro atoms. The lowest BCUT2D eigenvalue weighted by Crippen LogP contribution is -2.59. The summed E-state index contributed by atoms with van der Waals surface area (Å²) < 4.78 is 6.39. The molecule has 2 N–H and O–H groups in total. The Morgan fingerprint density at radius 3 is 1.52 bits per heavy atom. The number of aromatic nitrogens is 2. The van der Waals surface area contributed by atoms with Crippen LogP contribution in [-0.2, 0) is 4.12 Å². The maximum atomic E-state index is 10.0. The first-order valence-electron chi connectivity index (χ1n) is 6.73. The molecule has 2 heterocycles. The van der Waals surface area contributed by atoms with Crippen LogP contribution in [0.5, 0.6) is 11.5 Å². The van der Waals surface area contributed by atoms with Crippen LogP contribution in [0.25, 0.3) is 0 Å². The fraction of sp³-hybridized carbons (Fsp3) is 0.286. The standard InChI is InChI=1S/C14H20N2O3Si2/c1-20(2,13-11(17)7-5-9-15-13)19-21(3,4)14-12(18)8-6-10-16-14/h5-10,17-18H,1-4H3. The first-order valence-corrected chi connectivity index (χ1v) is 12.5. The Kier molecular flexibility index (Phi) is 4.17. The van der Waals surface area contributed by atoms with Crippen molar-refractivity contribution in [2.75, 3.05) is 0 Å². The van der Waals surface area contributed by atoms with E-state index in [0.717, 1.165) is 0 Å². The van der Waals surface area contributed by atoms with E-state index in [1.807, 2.05) is 26.2 Å². The van der Waals surface area contributed by atoms with Gasteiger partial charge in [-0.1, -0.05) is 0 Å². The Bertz CT molecular complexity index is 592. The maximum absolute atomic E-state index is 10.0. The van der Waals surface area contributed by atoms with E-state index in [0.29, 0.717) is 10.6 Å². The topological polar surface area (TPSA) is 75.5 Å². The normalized spacial score (nSPS) is 12.4. The Morgan fingerprint density at radius 2 is 1.19 bits per heavy atom. The number of aromatic hydroxyl groups is 2. The molecule has 0 saturated carbocycles. The second-order valence-corrected chi connectivity index (χ2v) is 13.7. The van der Waals surface area contributed by atoms with Gasteiger partial charge in [-0.2, -0.15) is 0 Å². The predicted molar refractivity (Wildman–Crippen MR) is 87.1 cm³/mol. The largest absolute Gasteiger partial charge is 0.506 e. The summed E-state index contributed by atoms with van der Waals surface area (Å²) in [5, 5.41) is 21.2. The van der Waals surface area contributed by atoms with Gasteiger partial charge in [0, 0.05) is 12.4 Å². The minimum atomic E-state index is -2.42. The van der Waals surface area contributed by atoms with Crippen molar-refractivity contribution in [1.29, 1.82) is 0 Å². The summed E-state index contributed by atoms with van der Waals surface area (Å²) in [5.41, 5.74) is 0. The first-order chi connectivity index (χ1) is 9.74. The number of pyridine rings is 2. The van der Waals surface area contributed by atoms with Gasteiger partial charge < -0.3 is 14.3 Å². The second kappa shape index (κ2) is 5.59. The molecule has 0 bridgehead atoms. The molecule has 0 fully saturated rings. The van der Waals surface area contributed by atoms with Crippen molar-refractivity contribution in [3.05, 3.63) is 36.7 Å². The van der Waals surface area contributed by atoms with Gasteiger partial charge in [-0.05, 0) is 50.5 Å². The lowest BCUT2D eigenvalue weighted by Gasteiger charge is -2.33. The summed E-state index contributed by atoms with van der Waals surface area (Å²) in [6.45, 7) is 7.96. The zero-order valence-corrected chi connectivity index (χ0v) is 14.7. The summed E-state index contributed by atoms with van der Waals surface area (Å²) in [6.07, 6.45) is 3.31. The van der Waals surface area contributed by atoms with Gasteiger partial charge in [-0.25, -0.2) is 0 Å². The van der Waals surface area contributed by atoms with E-state index in [9.17, 15) is 10.2 Å². The molecule has 2 aromatic heterocycles. The molecular formula is C14H20N2O3Si2. The van der Waals surface area contributed by atoms with Gasteiger partial charge in [-0.15, -0.1) is 0 Å². The number of nitrogens with zero attached hydrogens (tertiary/aromatic N) is 2. The number of hydrogen-bond donors (Lipinski definition) is 2. The summed E-state index contributed by atoms with van der Waals surface area (Å²) in [5.74, 6) is 0.313. The molecule has 0 aromatic carbocycles. The molecule has 5 nitrogen and oxygen atoms in total. The van der Waals surface area contributed by atoms with E-state index in [4.69, 9.17) is 4.12 Å². The SMILES string of the molecule is C[Si](C)(O[Si](C)(C)c1ncccc1O)c1ncccc1O. The molecule has 0 aliphatic carbocycles. The molecular weight excluding hydrogens is 300 g/mol. The van der Waals surface area contributed by atoms with Gasteiger partial charge in [0.25, 0.3) is 0 Å². The molecule has 112 valence electrons. The zero-order chi connectivity index (χ0) is 15.7. The minimum absolute atomic E-state index is 0.157. The summed E-state index contributed by atoms with van der Waals surface area (Å²) in [6, 6.07) is 6.62. The van der Waals surface area contributed by atoms with E-state index in [-0.39, 0.29) is 11.5 Å². The zero-order valence-electron chi connectivity index (χ0n) is 12.7. The molecule has 2 rings (SSSR count). The molecule has 0 atom stereocenters. The molecule has 0 radical (unpaired) electrons. The van der Waals surface area contributed by atoms with Gasteiger partial charge >= 0.3 is 0 Å². The van der Waals surface area contributed by atoms with Crippen LogP contribution in [0.1, 0.15) is 0 Å². The Labute approximate surface area is 126 Å². The minimum Gasteiger partial charge on any atom is -0.506 e. The lowest BCUT2D eigenvalue weighted by molar-refractivity contribution is 0.471. The van der Waals surface area contributed by atoms with Crippen molar-refractivity contribution in [3.63, 3.8) is 0 Å². The number of hydrogen-bond acceptors (Lipinski definition) is 5. The Hall–Kier alpha value is -1.71. The van der Waals surface area contributed by atoms with Crippen LogP contribution in [0.3, 0.4) is 0 Å². The van der Waals surface area contributed by atoms with E-state index >= 15 is 0 Å². The molecule has 2 aromatic rings. The number of rotatable bonds is 4. The van der Waals surface area contributed by atoms with Crippen LogP contribution in [0.2, 0.25) is 26.2 Å². The second-order valence-electron chi connectivity index (χ2n) is 5.86. The monoisotopic (exact) mass is 320 g/mol. The first kappa shape index (κ1) is 15.7. The highest BCUT2D eigenvalue weighted by Gasteiger charge is 2.40. The average Bonchev–Trinajstić information content (AvgIpc) is 2.38. The molecule has 0 aliphatic rings. The van der Waals surface area contributed by atoms with Gasteiger partial charge in [0.2, 0.25) is 16.6 Å². The van der Waals surface area contributed by atoms with Crippen molar-refractivity contribution in [2.24, 2.45) is 0 Å². The fourth-order valence-corrected chi connectivity index (χ4v) is 10.5. The third kappa shape index (κ3) is 3.31. The van der Waals surface area contributed by atoms with Crippen molar-refractivity contribution >= 4 is 27.3 Å². The lowest BCUT2D eigenvalue weighted by atomic mass is 10.5. The summed E-state index contributed by atoms with van der Waals surface area (Å²) in [7, 11) is -4.83. The highest BCUT2D eigenvalue weighted by molar-refractivity contribution is 6.96. The van der Waals surface area contributed by atoms with Crippen LogP contribution in [-0.4, -0.2) is 36.8 Å². The summed E-state index contributed by atoms with van der Waals surface area (Å²) >= 11 is 0. The Morgan fingerprint density at radius 1 is 0.810 bits per heavy atom. The van der Waals surface area contributed by atoms with Crippen molar-refractivity contribution in [1.82, 2.24) is 9.97 Å². The van der Waals surface area contributed by atoms with Crippen molar-refractivity contribution in [2.45, 2.75) is 26.2 Å². The molecule has 21 heavy (non-hydrogen) atoms. The molecule has 0 unspecified atom stereocenters. The van der Waals surface area contributed by atoms with Crippen LogP contribution in [0.15, 0.2) is 36.7 Å². The van der Waals surface area contributed by atoms with Gasteiger partial charge in [0.15, 0.2) is 0 Å². The van der Waals surface area contributed by atoms with Crippen LogP contribution < -0.4 is 10.6 Å². The van der Waals surface area contributed by atoms with Gasteiger partial charge in [0.05, 0.1) is 10.6 Å². The van der Waals surface area contributed by atoms with Crippen LogP contribution in [0.4, 0.5) is 0 Å². The fourth-order valence-electron chi connectivity index (χ4n) is 2.46. The molecule has 0 saturated heterocycles. The van der Waals surface area contributed by atoms with Gasteiger partial charge in [-0.3, -0.25) is 9.97 Å². The van der Waals surface area contributed by atoms with Crippen molar-refractivity contribution < 1.29 is 14.3 Å². The van der Waals surface area contributed by atoms with E-state index < -0.39 is 16.6 Å². The van der Waals surface area contributed by atoms with E-state index in [1.165, 1.54) is 0 Å². The van der Waals surface area contributed by atoms with Crippen LogP contribution >= 0.6 is 0 Å². The van der Waals surface area contributed by atoms with Crippen LogP contribution in [0, 0.1) is 0 Å². The average molecular weight is 320 g/mol. The molecule has 7 heteroatoms. The van der Waals surface area contributed by atoms with E-state index in [1.54, 1.807) is 36.7 Å². The third-order valence-corrected chi connectivity index (χ3v) is 10.4. The molecule has 0 amide bonds. The van der Waals surface area contributed by atoms with Crippen molar-refractivity contribution in [3.8, 4) is 11.5 Å². The quantitative estimate of drug-likeness (QED) is 0.834. The maximum Gasteiger partial charge on any atom is 0.231 e. The van der Waals surface area contributed by atoms with Gasteiger partial charge in [0.1, 0.15) is 11.5 Å². The molecule has 0 aliphatic heterocycles. The highest BCUT2D eigenvalue weighted by atomic mass is 28.4. The highest BCUT2D eigenvalue weighted by Crippen LogP contribution is 2.19. The predicted octanol–water partition coefficient (Wildman–Crippen LogP) is 1.43. The van der Waals surface area contributed by atoms with E-state index in [2.05, 4.69) is 9.97 Å². The third-order valence-electron chi connectivity index (χ3n) is 3.22.